The van der Waals surface area contributed by atoms with Crippen molar-refractivity contribution in [1.29, 1.82) is 0 Å². The molecule has 0 aliphatic heterocycles. The SMILES string of the molecule is CCOc1cccc(B(O)O)c1I. The molecular formula is C8H10BIO3. The van der Waals surface area contributed by atoms with E-state index >= 15 is 0 Å². The molecule has 0 radical (unpaired) electrons. The molecule has 13 heavy (non-hydrogen) atoms. The van der Waals surface area contributed by atoms with Crippen LogP contribution in [-0.2, 0) is 0 Å². The van der Waals surface area contributed by atoms with Gasteiger partial charge in [0.05, 0.1) is 10.2 Å². The van der Waals surface area contributed by atoms with Gasteiger partial charge in [-0.25, -0.2) is 0 Å². The maximum absolute atomic E-state index is 8.99. The van der Waals surface area contributed by atoms with E-state index in [1.807, 2.05) is 29.5 Å². The van der Waals surface area contributed by atoms with Crippen LogP contribution in [0.4, 0.5) is 0 Å². The summed E-state index contributed by atoms with van der Waals surface area (Å²) in [6.45, 7) is 2.46. The largest absolute Gasteiger partial charge is 0.493 e. The molecule has 1 aromatic carbocycles. The second-order valence-electron chi connectivity index (χ2n) is 2.47. The Kier molecular flexibility index (Phi) is 4.02. The lowest BCUT2D eigenvalue weighted by Crippen LogP contribution is -2.32. The average Bonchev–Trinajstić information content (AvgIpc) is 2.08. The first-order valence-corrected chi connectivity index (χ1v) is 5.02. The van der Waals surface area contributed by atoms with E-state index in [1.54, 1.807) is 18.2 Å². The Hall–Kier alpha value is -0.265. The number of rotatable bonds is 3. The van der Waals surface area contributed by atoms with E-state index in [0.29, 0.717) is 17.8 Å². The van der Waals surface area contributed by atoms with Crippen LogP contribution in [-0.4, -0.2) is 23.8 Å². The highest BCUT2D eigenvalue weighted by Gasteiger charge is 2.16. The van der Waals surface area contributed by atoms with Crippen molar-refractivity contribution in [3.63, 3.8) is 0 Å². The molecule has 2 N–H and O–H groups in total. The van der Waals surface area contributed by atoms with E-state index in [-0.39, 0.29) is 0 Å². The number of hydrogen-bond acceptors (Lipinski definition) is 3. The Morgan fingerprint density at radius 1 is 1.46 bits per heavy atom. The van der Waals surface area contributed by atoms with Crippen LogP contribution in [0.3, 0.4) is 0 Å². The fourth-order valence-corrected chi connectivity index (χ4v) is 1.79. The molecule has 70 valence electrons. The standard InChI is InChI=1S/C8H10BIO3/c1-2-13-7-5-3-4-6(8(7)10)9(11)12/h3-5,11-12H,2H2,1H3. The van der Waals surface area contributed by atoms with Crippen molar-refractivity contribution < 1.29 is 14.8 Å². The summed E-state index contributed by atoms with van der Waals surface area (Å²) in [6.07, 6.45) is 0. The van der Waals surface area contributed by atoms with Crippen LogP contribution in [0.25, 0.3) is 0 Å². The molecule has 5 heteroatoms. The minimum Gasteiger partial charge on any atom is -0.493 e. The molecule has 0 saturated heterocycles. The van der Waals surface area contributed by atoms with Crippen LogP contribution in [0.1, 0.15) is 6.92 Å². The highest BCUT2D eigenvalue weighted by molar-refractivity contribution is 14.1. The maximum atomic E-state index is 8.99. The predicted molar refractivity (Wildman–Crippen MR) is 60.2 cm³/mol. The monoisotopic (exact) mass is 292 g/mol. The molecule has 1 aromatic rings. The first-order chi connectivity index (χ1) is 6.16. The molecule has 0 spiro atoms. The molecule has 1 rings (SSSR count). The number of benzene rings is 1. The van der Waals surface area contributed by atoms with E-state index in [4.69, 9.17) is 14.8 Å². The first kappa shape index (κ1) is 10.8. The summed E-state index contributed by atoms with van der Waals surface area (Å²) in [5.74, 6) is 0.689. The van der Waals surface area contributed by atoms with Crippen LogP contribution in [0.15, 0.2) is 18.2 Å². The van der Waals surface area contributed by atoms with Crippen LogP contribution in [0.5, 0.6) is 5.75 Å². The maximum Gasteiger partial charge on any atom is 0.489 e. The second kappa shape index (κ2) is 4.83. The third kappa shape index (κ3) is 2.59. The normalized spacial score (nSPS) is 9.85. The summed E-state index contributed by atoms with van der Waals surface area (Å²) < 4.78 is 6.04. The van der Waals surface area contributed by atoms with Gasteiger partial charge in [0, 0.05) is 0 Å². The molecule has 0 fully saturated rings. The molecular weight excluding hydrogens is 282 g/mol. The molecule has 0 aromatic heterocycles. The van der Waals surface area contributed by atoms with Crippen LogP contribution in [0, 0.1) is 3.57 Å². The van der Waals surface area contributed by atoms with E-state index in [2.05, 4.69) is 0 Å². The molecule has 0 unspecified atom stereocenters. The van der Waals surface area contributed by atoms with Crippen LogP contribution < -0.4 is 10.2 Å². The molecule has 0 aliphatic rings. The second-order valence-corrected chi connectivity index (χ2v) is 3.54. The van der Waals surface area contributed by atoms with Gasteiger partial charge in [-0.2, -0.15) is 0 Å². The van der Waals surface area contributed by atoms with Gasteiger partial charge in [-0.3, -0.25) is 0 Å². The molecule has 0 aliphatic carbocycles. The van der Waals surface area contributed by atoms with Crippen molar-refractivity contribution in [2.75, 3.05) is 6.61 Å². The Morgan fingerprint density at radius 2 is 2.15 bits per heavy atom. The van der Waals surface area contributed by atoms with Gasteiger partial charge < -0.3 is 14.8 Å². The third-order valence-corrected chi connectivity index (χ3v) is 2.73. The summed E-state index contributed by atoms with van der Waals surface area (Å²) >= 11 is 2.03. The Morgan fingerprint density at radius 3 is 2.69 bits per heavy atom. The number of halogens is 1. The van der Waals surface area contributed by atoms with Gasteiger partial charge in [0.15, 0.2) is 0 Å². The zero-order valence-corrected chi connectivity index (χ0v) is 9.35. The fourth-order valence-electron chi connectivity index (χ4n) is 0.994. The molecule has 3 nitrogen and oxygen atoms in total. The number of hydrogen-bond donors (Lipinski definition) is 2. The lowest BCUT2D eigenvalue weighted by atomic mass is 9.80. The van der Waals surface area contributed by atoms with Crippen LogP contribution >= 0.6 is 22.6 Å². The van der Waals surface area contributed by atoms with Crippen LogP contribution in [0.2, 0.25) is 0 Å². The van der Waals surface area contributed by atoms with Gasteiger partial charge in [0.2, 0.25) is 0 Å². The Bertz CT molecular complexity index is 291. The summed E-state index contributed by atoms with van der Waals surface area (Å²) in [5.41, 5.74) is 0.478. The van der Waals surface area contributed by atoms with Gasteiger partial charge in [0.25, 0.3) is 0 Å². The smallest absolute Gasteiger partial charge is 0.489 e. The zero-order valence-electron chi connectivity index (χ0n) is 7.20. The molecule has 0 amide bonds. The van der Waals surface area contributed by atoms with Crippen molar-refractivity contribution in [2.24, 2.45) is 0 Å². The number of ether oxygens (including phenoxy) is 1. The van der Waals surface area contributed by atoms with E-state index in [9.17, 15) is 0 Å². The van der Waals surface area contributed by atoms with Crippen molar-refractivity contribution >= 4 is 35.2 Å². The first-order valence-electron chi connectivity index (χ1n) is 3.94. The Labute approximate surface area is 91.0 Å². The fraction of sp³-hybridized carbons (Fsp3) is 0.250. The van der Waals surface area contributed by atoms with Gasteiger partial charge in [0.1, 0.15) is 5.75 Å². The minimum atomic E-state index is -1.44. The quantitative estimate of drug-likeness (QED) is 0.625. The Balaban J connectivity index is 3.03. The van der Waals surface area contributed by atoms with E-state index < -0.39 is 7.12 Å². The molecule has 0 atom stereocenters. The minimum absolute atomic E-state index is 0.478. The van der Waals surface area contributed by atoms with Crippen molar-refractivity contribution in [3.8, 4) is 5.75 Å². The zero-order chi connectivity index (χ0) is 9.84. The summed E-state index contributed by atoms with van der Waals surface area (Å²) in [4.78, 5) is 0. The van der Waals surface area contributed by atoms with Gasteiger partial charge in [-0.15, -0.1) is 0 Å². The lowest BCUT2D eigenvalue weighted by Gasteiger charge is -2.09. The molecule has 0 bridgehead atoms. The predicted octanol–water partition coefficient (Wildman–Crippen LogP) is 0.370. The van der Waals surface area contributed by atoms with Crippen molar-refractivity contribution in [1.82, 2.24) is 0 Å². The lowest BCUT2D eigenvalue weighted by molar-refractivity contribution is 0.338. The molecule has 0 saturated carbocycles. The highest BCUT2D eigenvalue weighted by Crippen LogP contribution is 2.18. The van der Waals surface area contributed by atoms with Gasteiger partial charge in [-0.05, 0) is 41.0 Å². The summed E-state index contributed by atoms with van der Waals surface area (Å²) in [7, 11) is -1.44. The molecule has 0 heterocycles. The van der Waals surface area contributed by atoms with E-state index in [1.165, 1.54) is 0 Å². The summed E-state index contributed by atoms with van der Waals surface area (Å²) in [6, 6.07) is 5.20. The third-order valence-electron chi connectivity index (χ3n) is 1.57. The van der Waals surface area contributed by atoms with E-state index in [0.717, 1.165) is 3.57 Å². The topological polar surface area (TPSA) is 49.7 Å². The summed E-state index contributed by atoms with van der Waals surface area (Å²) in [5, 5.41) is 18.0. The van der Waals surface area contributed by atoms with Gasteiger partial charge in [-0.1, -0.05) is 12.1 Å². The highest BCUT2D eigenvalue weighted by atomic mass is 127. The average molecular weight is 292 g/mol. The van der Waals surface area contributed by atoms with Crippen molar-refractivity contribution in [2.45, 2.75) is 6.92 Å². The van der Waals surface area contributed by atoms with Gasteiger partial charge >= 0.3 is 7.12 Å². The van der Waals surface area contributed by atoms with Crippen molar-refractivity contribution in [3.05, 3.63) is 21.8 Å².